The van der Waals surface area contributed by atoms with Crippen molar-refractivity contribution in [3.63, 3.8) is 0 Å². The van der Waals surface area contributed by atoms with E-state index in [1.165, 1.54) is 6.07 Å². The number of anilines is 1. The molecule has 1 fully saturated rings. The molecule has 3 aromatic carbocycles. The number of halogens is 4. The normalized spacial score (nSPS) is 19.0. The van der Waals surface area contributed by atoms with Crippen LogP contribution in [-0.2, 0) is 6.18 Å². The van der Waals surface area contributed by atoms with Gasteiger partial charge in [0.15, 0.2) is 0 Å². The number of fused-ring (bicyclic) bond motifs is 4. The van der Waals surface area contributed by atoms with Gasteiger partial charge >= 0.3 is 6.18 Å². The van der Waals surface area contributed by atoms with Crippen molar-refractivity contribution in [2.45, 2.75) is 12.3 Å². The van der Waals surface area contributed by atoms with Gasteiger partial charge in [0.2, 0.25) is 0 Å². The lowest BCUT2D eigenvalue weighted by Crippen LogP contribution is -2.49. The highest BCUT2D eigenvalue weighted by Gasteiger charge is 2.37. The van der Waals surface area contributed by atoms with Gasteiger partial charge in [-0.15, -0.1) is 0 Å². The summed E-state index contributed by atoms with van der Waals surface area (Å²) >= 11 is 0. The summed E-state index contributed by atoms with van der Waals surface area (Å²) in [5, 5.41) is 13.3. The van der Waals surface area contributed by atoms with Gasteiger partial charge in [0.05, 0.1) is 12.2 Å². The topological polar surface area (TPSA) is 54.0 Å². The molecule has 0 aromatic heterocycles. The Labute approximate surface area is 217 Å². The second-order valence-corrected chi connectivity index (χ2v) is 9.88. The molecule has 0 radical (unpaired) electrons. The van der Waals surface area contributed by atoms with Gasteiger partial charge in [-0.3, -0.25) is 9.29 Å². The van der Waals surface area contributed by atoms with Crippen LogP contribution in [0.15, 0.2) is 60.7 Å². The number of likely N-dealkylation sites (tertiary alicyclic amines) is 1. The number of phenolic OH excluding ortho intramolecular Hbond substituents is 1. The molecule has 0 aliphatic carbocycles. The maximum absolute atomic E-state index is 13.5. The van der Waals surface area contributed by atoms with Gasteiger partial charge in [-0.05, 0) is 47.5 Å². The molecule has 1 atom stereocenters. The van der Waals surface area contributed by atoms with Crippen molar-refractivity contribution >= 4 is 16.8 Å². The number of alkyl halides is 4. The van der Waals surface area contributed by atoms with Crippen molar-refractivity contribution in [2.24, 2.45) is 5.92 Å². The third kappa shape index (κ3) is 4.55. The predicted octanol–water partition coefficient (Wildman–Crippen LogP) is 6.16. The lowest BCUT2D eigenvalue weighted by Gasteiger charge is -2.37. The second kappa shape index (κ2) is 9.54. The number of hydrogen-bond donors (Lipinski definition) is 2. The Kier molecular flexibility index (Phi) is 6.18. The number of rotatable bonds is 6. The Hall–Kier alpha value is -3.72. The van der Waals surface area contributed by atoms with Crippen molar-refractivity contribution in [3.05, 3.63) is 82.9 Å². The Morgan fingerprint density at radius 1 is 1.00 bits per heavy atom. The van der Waals surface area contributed by atoms with Crippen molar-refractivity contribution in [3.8, 4) is 17.2 Å². The van der Waals surface area contributed by atoms with Crippen LogP contribution in [0.25, 0.3) is 11.1 Å². The maximum Gasteiger partial charge on any atom is 0.416 e. The molecule has 3 aliphatic rings. The van der Waals surface area contributed by atoms with Gasteiger partial charge in [0.1, 0.15) is 30.0 Å². The molecule has 5 nitrogen and oxygen atoms in total. The van der Waals surface area contributed by atoms with Crippen molar-refractivity contribution in [1.29, 1.82) is 0 Å². The number of aromatic hydroxyl groups is 1. The monoisotopic (exact) mass is 526 g/mol. The van der Waals surface area contributed by atoms with Crippen LogP contribution in [0.3, 0.4) is 0 Å². The van der Waals surface area contributed by atoms with Crippen LogP contribution in [0.5, 0.6) is 17.2 Å². The van der Waals surface area contributed by atoms with Crippen molar-refractivity contribution < 1.29 is 32.1 Å². The minimum Gasteiger partial charge on any atom is -0.508 e. The quantitative estimate of drug-likeness (QED) is 0.377. The zero-order valence-corrected chi connectivity index (χ0v) is 20.4. The molecule has 38 heavy (non-hydrogen) atoms. The standard InChI is InChI=1S/C29H26F4N2O3/c30-13-17-15-35(16-17)9-10-37-21-5-1-18(2-6-21)28-27-23-8-4-20(36)12-25(23)34-14-24(27)22-7-3-19(29(31,32)33)11-26(22)38-28/h1-8,11-12,17,28,34,36H,9-10,13-16H2/t28-/m1/s1. The molecule has 0 spiro atoms. The molecule has 3 aromatic rings. The lowest BCUT2D eigenvalue weighted by atomic mass is 9.82. The summed E-state index contributed by atoms with van der Waals surface area (Å²) in [5.74, 6) is 1.08. The first kappa shape index (κ1) is 24.6. The van der Waals surface area contributed by atoms with E-state index in [1.54, 1.807) is 18.2 Å². The average Bonchev–Trinajstić information content (AvgIpc) is 2.88. The Morgan fingerprint density at radius 2 is 1.76 bits per heavy atom. The first-order valence-electron chi connectivity index (χ1n) is 12.5. The van der Waals surface area contributed by atoms with Crippen LogP contribution in [0.1, 0.15) is 28.4 Å². The van der Waals surface area contributed by atoms with Gasteiger partial charge in [0.25, 0.3) is 0 Å². The van der Waals surface area contributed by atoms with E-state index in [4.69, 9.17) is 9.47 Å². The molecule has 198 valence electrons. The second-order valence-electron chi connectivity index (χ2n) is 9.88. The van der Waals surface area contributed by atoms with Gasteiger partial charge in [0, 0.05) is 60.6 Å². The number of benzene rings is 3. The van der Waals surface area contributed by atoms with Crippen LogP contribution in [0, 0.1) is 5.92 Å². The smallest absolute Gasteiger partial charge is 0.416 e. The maximum atomic E-state index is 13.5. The highest BCUT2D eigenvalue weighted by molar-refractivity contribution is 6.02. The van der Waals surface area contributed by atoms with Crippen molar-refractivity contribution in [1.82, 2.24) is 4.90 Å². The molecule has 0 saturated carbocycles. The molecule has 3 heterocycles. The van der Waals surface area contributed by atoms with Crippen LogP contribution < -0.4 is 14.8 Å². The summed E-state index contributed by atoms with van der Waals surface area (Å²) < 4.78 is 65.2. The zero-order valence-electron chi connectivity index (χ0n) is 20.4. The lowest BCUT2D eigenvalue weighted by molar-refractivity contribution is -0.137. The predicted molar refractivity (Wildman–Crippen MR) is 136 cm³/mol. The summed E-state index contributed by atoms with van der Waals surface area (Å²) in [6.07, 6.45) is -5.14. The van der Waals surface area contributed by atoms with Gasteiger partial charge < -0.3 is 19.9 Å². The Bertz CT molecular complexity index is 1380. The molecule has 0 amide bonds. The van der Waals surface area contributed by atoms with E-state index in [1.807, 2.05) is 24.3 Å². The van der Waals surface area contributed by atoms with Gasteiger partial charge in [-0.25, -0.2) is 0 Å². The van der Waals surface area contributed by atoms with Gasteiger partial charge in [-0.2, -0.15) is 13.2 Å². The third-order valence-electron chi connectivity index (χ3n) is 7.33. The summed E-state index contributed by atoms with van der Waals surface area (Å²) in [7, 11) is 0. The van der Waals surface area contributed by atoms with Crippen molar-refractivity contribution in [2.75, 3.05) is 44.8 Å². The first-order chi connectivity index (χ1) is 18.3. The summed E-state index contributed by atoms with van der Waals surface area (Å²) in [4.78, 5) is 2.14. The molecule has 3 aliphatic heterocycles. The molecule has 2 N–H and O–H groups in total. The Morgan fingerprint density at radius 3 is 2.50 bits per heavy atom. The van der Waals surface area contributed by atoms with E-state index < -0.39 is 17.8 Å². The summed E-state index contributed by atoms with van der Waals surface area (Å²) in [6.45, 7) is 2.79. The molecular formula is C29H26F4N2O3. The van der Waals surface area contributed by atoms with E-state index in [9.17, 15) is 22.7 Å². The van der Waals surface area contributed by atoms with E-state index in [2.05, 4.69) is 10.2 Å². The fourth-order valence-corrected chi connectivity index (χ4v) is 5.35. The molecular weight excluding hydrogens is 500 g/mol. The summed E-state index contributed by atoms with van der Waals surface area (Å²) in [5.41, 5.74) is 3.86. The molecule has 0 bridgehead atoms. The molecule has 6 rings (SSSR count). The zero-order chi connectivity index (χ0) is 26.4. The number of nitrogens with zero attached hydrogens (tertiary/aromatic N) is 1. The highest BCUT2D eigenvalue weighted by atomic mass is 19.4. The number of hydrogen-bond acceptors (Lipinski definition) is 5. The van der Waals surface area contributed by atoms with Gasteiger partial charge in [-0.1, -0.05) is 18.2 Å². The SMILES string of the molecule is Oc1ccc2c(c1)NCC1=C2[C@@H](c2ccc(OCCN3CC(CF)C3)cc2)Oc2cc(C(F)(F)F)ccc21. The Balaban J connectivity index is 1.30. The van der Waals surface area contributed by atoms with E-state index in [0.29, 0.717) is 24.5 Å². The number of ether oxygens (including phenoxy) is 2. The third-order valence-corrected chi connectivity index (χ3v) is 7.33. The van der Waals surface area contributed by atoms with E-state index >= 15 is 0 Å². The van der Waals surface area contributed by atoms with Crippen LogP contribution in [0.4, 0.5) is 23.2 Å². The fraction of sp³-hybridized carbons (Fsp3) is 0.310. The minimum atomic E-state index is -4.49. The van der Waals surface area contributed by atoms with E-state index in [0.717, 1.165) is 59.7 Å². The van der Waals surface area contributed by atoms with E-state index in [-0.39, 0.29) is 24.1 Å². The fourth-order valence-electron chi connectivity index (χ4n) is 5.35. The molecule has 9 heteroatoms. The van der Waals surface area contributed by atoms with Crippen LogP contribution in [-0.4, -0.2) is 49.5 Å². The first-order valence-corrected chi connectivity index (χ1v) is 12.5. The average molecular weight is 527 g/mol. The molecule has 0 unspecified atom stereocenters. The highest BCUT2D eigenvalue weighted by Crippen LogP contribution is 2.51. The number of nitrogens with one attached hydrogen (secondary N) is 1. The summed E-state index contributed by atoms with van der Waals surface area (Å²) in [6, 6.07) is 15.9. The number of phenols is 1. The molecule has 1 saturated heterocycles. The largest absolute Gasteiger partial charge is 0.508 e. The van der Waals surface area contributed by atoms with Crippen LogP contribution in [0.2, 0.25) is 0 Å². The van der Waals surface area contributed by atoms with Crippen LogP contribution >= 0.6 is 0 Å². The minimum absolute atomic E-state index is 0.115.